The second kappa shape index (κ2) is 3.77. The minimum atomic E-state index is -4.61. The first-order chi connectivity index (χ1) is 7.95. The average molecular weight is 241 g/mol. The quantitative estimate of drug-likeness (QED) is 0.710. The molecular formula is C11H6F3NO2. The van der Waals surface area contributed by atoms with E-state index in [4.69, 9.17) is 10.00 Å². The number of nitrogens with zero attached hydrogens (tertiary/aromatic N) is 1. The number of carbonyl (C=O) groups is 1. The van der Waals surface area contributed by atoms with Gasteiger partial charge in [0.25, 0.3) is 0 Å². The van der Waals surface area contributed by atoms with Crippen molar-refractivity contribution >= 4 is 5.97 Å². The highest BCUT2D eigenvalue weighted by molar-refractivity contribution is 5.95. The predicted octanol–water partition coefficient (Wildman–Crippen LogP) is 2.83. The van der Waals surface area contributed by atoms with Crippen LogP contribution in [0.15, 0.2) is 18.2 Å². The molecule has 0 fully saturated rings. The topological polar surface area (TPSA) is 50.1 Å². The van der Waals surface area contributed by atoms with Crippen molar-refractivity contribution < 1.29 is 22.7 Å². The van der Waals surface area contributed by atoms with Crippen molar-refractivity contribution in [1.29, 1.82) is 5.26 Å². The lowest BCUT2D eigenvalue weighted by atomic mass is 9.98. The maximum absolute atomic E-state index is 12.7. The van der Waals surface area contributed by atoms with Crippen LogP contribution in [0.1, 0.15) is 34.0 Å². The van der Waals surface area contributed by atoms with E-state index in [1.807, 2.05) is 0 Å². The van der Waals surface area contributed by atoms with Gasteiger partial charge in [-0.1, -0.05) is 12.1 Å². The molecule has 1 aliphatic rings. The van der Waals surface area contributed by atoms with Crippen molar-refractivity contribution in [3.8, 4) is 6.07 Å². The standard InChI is InChI=1S/C11H6F3NO2/c12-11(13,14)7-3-1-2-6-8(4-5-15)17-10(16)9(6)7/h1-3,8H,4H2. The fourth-order valence-corrected chi connectivity index (χ4v) is 1.79. The fourth-order valence-electron chi connectivity index (χ4n) is 1.79. The molecule has 1 aromatic carbocycles. The summed E-state index contributed by atoms with van der Waals surface area (Å²) in [6.07, 6.45) is -5.66. The monoisotopic (exact) mass is 241 g/mol. The zero-order valence-electron chi connectivity index (χ0n) is 8.41. The SMILES string of the molecule is N#CCC1OC(=O)c2c1cccc2C(F)(F)F. The average Bonchev–Trinajstić information content (AvgIpc) is 2.55. The van der Waals surface area contributed by atoms with Crippen molar-refractivity contribution in [3.63, 3.8) is 0 Å². The molecule has 0 N–H and O–H groups in total. The molecule has 0 spiro atoms. The van der Waals surface area contributed by atoms with E-state index in [0.29, 0.717) is 0 Å². The summed E-state index contributed by atoms with van der Waals surface area (Å²) >= 11 is 0. The van der Waals surface area contributed by atoms with E-state index in [1.54, 1.807) is 6.07 Å². The highest BCUT2D eigenvalue weighted by Gasteiger charge is 2.41. The number of cyclic esters (lactones) is 1. The first kappa shape index (κ1) is 11.5. The molecule has 2 rings (SSSR count). The number of rotatable bonds is 1. The predicted molar refractivity (Wildman–Crippen MR) is 49.8 cm³/mol. The number of ether oxygens (including phenoxy) is 1. The Kier molecular flexibility index (Phi) is 2.54. The minimum absolute atomic E-state index is 0.131. The molecule has 0 bridgehead atoms. The number of hydrogen-bond acceptors (Lipinski definition) is 3. The summed E-state index contributed by atoms with van der Waals surface area (Å²) in [7, 11) is 0. The van der Waals surface area contributed by atoms with Gasteiger partial charge in [0.15, 0.2) is 0 Å². The summed E-state index contributed by atoms with van der Waals surface area (Å²) in [5, 5.41) is 8.50. The van der Waals surface area contributed by atoms with Crippen LogP contribution in [-0.2, 0) is 10.9 Å². The Bertz CT molecular complexity index is 516. The molecular weight excluding hydrogens is 235 g/mol. The Morgan fingerprint density at radius 1 is 1.41 bits per heavy atom. The van der Waals surface area contributed by atoms with Gasteiger partial charge >= 0.3 is 12.1 Å². The number of alkyl halides is 3. The van der Waals surface area contributed by atoms with E-state index in [2.05, 4.69) is 0 Å². The summed E-state index contributed by atoms with van der Waals surface area (Å²) in [6.45, 7) is 0. The summed E-state index contributed by atoms with van der Waals surface area (Å²) in [6, 6.07) is 5.17. The Morgan fingerprint density at radius 2 is 2.12 bits per heavy atom. The number of carbonyl (C=O) groups excluding carboxylic acids is 1. The number of benzene rings is 1. The molecule has 0 saturated heterocycles. The molecule has 6 heteroatoms. The maximum Gasteiger partial charge on any atom is 0.417 e. The molecule has 1 aliphatic heterocycles. The zero-order valence-corrected chi connectivity index (χ0v) is 8.41. The normalized spacial score (nSPS) is 18.5. The lowest BCUT2D eigenvalue weighted by Crippen LogP contribution is -2.11. The Hall–Kier alpha value is -2.03. The van der Waals surface area contributed by atoms with Crippen LogP contribution in [0.2, 0.25) is 0 Å². The molecule has 17 heavy (non-hydrogen) atoms. The van der Waals surface area contributed by atoms with Gasteiger partial charge in [-0.2, -0.15) is 18.4 Å². The van der Waals surface area contributed by atoms with Crippen molar-refractivity contribution in [1.82, 2.24) is 0 Å². The second-order valence-electron chi connectivity index (χ2n) is 3.52. The molecule has 1 unspecified atom stereocenters. The molecule has 0 aliphatic carbocycles. The van der Waals surface area contributed by atoms with Crippen LogP contribution in [0, 0.1) is 11.3 Å². The van der Waals surface area contributed by atoms with Crippen molar-refractivity contribution in [2.75, 3.05) is 0 Å². The fraction of sp³-hybridized carbons (Fsp3) is 0.273. The first-order valence-electron chi connectivity index (χ1n) is 4.73. The van der Waals surface area contributed by atoms with Crippen LogP contribution < -0.4 is 0 Å². The molecule has 88 valence electrons. The van der Waals surface area contributed by atoms with Crippen molar-refractivity contribution in [3.05, 3.63) is 34.9 Å². The highest BCUT2D eigenvalue weighted by Crippen LogP contribution is 2.40. The van der Waals surface area contributed by atoms with Crippen LogP contribution in [0.25, 0.3) is 0 Å². The van der Waals surface area contributed by atoms with Crippen LogP contribution in [0.5, 0.6) is 0 Å². The van der Waals surface area contributed by atoms with Crippen LogP contribution in [0.3, 0.4) is 0 Å². The summed E-state index contributed by atoms with van der Waals surface area (Å²) in [5.74, 6) is -1.02. The van der Waals surface area contributed by atoms with E-state index in [9.17, 15) is 18.0 Å². The second-order valence-corrected chi connectivity index (χ2v) is 3.52. The zero-order chi connectivity index (χ0) is 12.6. The molecule has 0 amide bonds. The summed E-state index contributed by atoms with van der Waals surface area (Å²) in [4.78, 5) is 11.4. The number of hydrogen-bond donors (Lipinski definition) is 0. The smallest absolute Gasteiger partial charge is 0.417 e. The van der Waals surface area contributed by atoms with Crippen LogP contribution in [0.4, 0.5) is 13.2 Å². The Morgan fingerprint density at radius 3 is 2.71 bits per heavy atom. The van der Waals surface area contributed by atoms with Crippen LogP contribution in [-0.4, -0.2) is 5.97 Å². The molecule has 3 nitrogen and oxygen atoms in total. The van der Waals surface area contributed by atoms with Gasteiger partial charge < -0.3 is 4.74 Å². The van der Waals surface area contributed by atoms with Crippen molar-refractivity contribution in [2.45, 2.75) is 18.7 Å². The van der Waals surface area contributed by atoms with Gasteiger partial charge in [0.05, 0.1) is 23.6 Å². The third kappa shape index (κ3) is 1.84. The summed E-state index contributed by atoms with van der Waals surface area (Å²) < 4.78 is 42.7. The van der Waals surface area contributed by atoms with Gasteiger partial charge in [0.2, 0.25) is 0 Å². The lowest BCUT2D eigenvalue weighted by molar-refractivity contribution is -0.138. The molecule has 0 aromatic heterocycles. The largest absolute Gasteiger partial charge is 0.453 e. The summed E-state index contributed by atoms with van der Waals surface area (Å²) in [5.41, 5.74) is -1.35. The van der Waals surface area contributed by atoms with Gasteiger partial charge in [-0.25, -0.2) is 4.79 Å². The third-order valence-electron chi connectivity index (χ3n) is 2.48. The Balaban J connectivity index is 2.57. The first-order valence-corrected chi connectivity index (χ1v) is 4.73. The molecule has 0 radical (unpaired) electrons. The van der Waals surface area contributed by atoms with Crippen molar-refractivity contribution in [2.24, 2.45) is 0 Å². The number of nitriles is 1. The number of fused-ring (bicyclic) bond motifs is 1. The van der Waals surface area contributed by atoms with Gasteiger partial charge in [-0.3, -0.25) is 0 Å². The lowest BCUT2D eigenvalue weighted by Gasteiger charge is -2.09. The van der Waals surface area contributed by atoms with E-state index >= 15 is 0 Å². The molecule has 1 atom stereocenters. The van der Waals surface area contributed by atoms with Gasteiger partial charge in [-0.05, 0) is 6.07 Å². The highest BCUT2D eigenvalue weighted by atomic mass is 19.4. The van der Waals surface area contributed by atoms with Gasteiger partial charge in [0.1, 0.15) is 6.10 Å². The van der Waals surface area contributed by atoms with Crippen LogP contribution >= 0.6 is 0 Å². The van der Waals surface area contributed by atoms with E-state index < -0.39 is 29.4 Å². The van der Waals surface area contributed by atoms with E-state index in [-0.39, 0.29) is 12.0 Å². The maximum atomic E-state index is 12.7. The van der Waals surface area contributed by atoms with E-state index in [1.165, 1.54) is 12.1 Å². The minimum Gasteiger partial charge on any atom is -0.453 e. The van der Waals surface area contributed by atoms with E-state index in [0.717, 1.165) is 6.07 Å². The molecule has 0 saturated carbocycles. The third-order valence-corrected chi connectivity index (χ3v) is 2.48. The number of halogens is 3. The number of esters is 1. The van der Waals surface area contributed by atoms with Gasteiger partial charge in [0, 0.05) is 5.56 Å². The Labute approximate surface area is 94.4 Å². The van der Waals surface area contributed by atoms with Gasteiger partial charge in [-0.15, -0.1) is 0 Å². The molecule has 1 aromatic rings. The molecule has 1 heterocycles.